The molecule has 0 aliphatic carbocycles. The van der Waals surface area contributed by atoms with Crippen molar-refractivity contribution in [3.05, 3.63) is 107 Å². The van der Waals surface area contributed by atoms with Crippen molar-refractivity contribution in [1.82, 2.24) is 20.2 Å². The lowest BCUT2D eigenvalue weighted by Gasteiger charge is -2.38. The predicted octanol–water partition coefficient (Wildman–Crippen LogP) is 4.55. The van der Waals surface area contributed by atoms with Gasteiger partial charge >= 0.3 is 0 Å². The van der Waals surface area contributed by atoms with Crippen LogP contribution in [-0.2, 0) is 24.2 Å². The van der Waals surface area contributed by atoms with E-state index < -0.39 is 6.04 Å². The van der Waals surface area contributed by atoms with Crippen LogP contribution < -0.4 is 5.32 Å². The summed E-state index contributed by atoms with van der Waals surface area (Å²) in [6.45, 7) is 2.57. The maximum Gasteiger partial charge on any atom is 0.240 e. The van der Waals surface area contributed by atoms with Crippen LogP contribution in [0, 0.1) is 6.92 Å². The summed E-state index contributed by atoms with van der Waals surface area (Å²) in [5.41, 5.74) is 6.37. The largest absolute Gasteiger partial charge is 0.508 e. The number of nitrogens with one attached hydrogen (secondary N) is 2. The second-order valence-corrected chi connectivity index (χ2v) is 9.13. The first-order valence-electron chi connectivity index (χ1n) is 12.0. The molecular weight excluding hydrogens is 436 g/mol. The molecule has 0 saturated heterocycles. The summed E-state index contributed by atoms with van der Waals surface area (Å²) < 4.78 is 0. The molecule has 2 atom stereocenters. The number of carbonyl (C=O) groups excluding carboxylic acids is 1. The van der Waals surface area contributed by atoms with E-state index in [1.165, 1.54) is 11.1 Å². The number of carbonyl (C=O) groups is 1. The standard InChI is InChI=1S/C29H30N4O2/c1-19-27(21-8-4-3-5-9-21)32-28(31-19)26-17-22-10-6-7-11-23(22)18-33(26)29(35)25(30-2)16-20-12-14-24(34)15-13-20/h3-15,25-26,30,34H,16-18H2,1-2H3,(H,31,32)/t25-,26-/m0/s1. The molecular formula is C29H30N4O2. The zero-order valence-corrected chi connectivity index (χ0v) is 20.0. The first-order chi connectivity index (χ1) is 17.0. The van der Waals surface area contributed by atoms with Gasteiger partial charge in [-0.3, -0.25) is 4.79 Å². The predicted molar refractivity (Wildman–Crippen MR) is 137 cm³/mol. The van der Waals surface area contributed by atoms with Crippen molar-refractivity contribution < 1.29 is 9.90 Å². The van der Waals surface area contributed by atoms with Crippen LogP contribution in [0.1, 0.15) is 34.3 Å². The molecule has 178 valence electrons. The minimum Gasteiger partial charge on any atom is -0.508 e. The van der Waals surface area contributed by atoms with Crippen molar-refractivity contribution in [3.63, 3.8) is 0 Å². The van der Waals surface area contributed by atoms with E-state index in [1.54, 1.807) is 12.1 Å². The highest BCUT2D eigenvalue weighted by molar-refractivity contribution is 5.83. The molecule has 0 unspecified atom stereocenters. The maximum atomic E-state index is 13.9. The van der Waals surface area contributed by atoms with E-state index in [9.17, 15) is 9.90 Å². The lowest BCUT2D eigenvalue weighted by Crippen LogP contribution is -2.49. The van der Waals surface area contributed by atoms with Gasteiger partial charge < -0.3 is 20.3 Å². The normalized spacial score (nSPS) is 16.1. The molecule has 0 radical (unpaired) electrons. The van der Waals surface area contributed by atoms with Crippen molar-refractivity contribution in [2.45, 2.75) is 38.4 Å². The monoisotopic (exact) mass is 466 g/mol. The highest BCUT2D eigenvalue weighted by Gasteiger charge is 2.36. The van der Waals surface area contributed by atoms with E-state index in [-0.39, 0.29) is 17.7 Å². The SMILES string of the molecule is CN[C@@H](Cc1ccc(O)cc1)C(=O)N1Cc2ccccc2C[C@H]1c1nc(-c2ccccc2)c(C)[nH]1. The number of aromatic amines is 1. The Morgan fingerprint density at radius 2 is 1.74 bits per heavy atom. The van der Waals surface area contributed by atoms with Gasteiger partial charge in [0, 0.05) is 24.2 Å². The molecule has 3 N–H and O–H groups in total. The zero-order chi connectivity index (χ0) is 24.4. The van der Waals surface area contributed by atoms with Gasteiger partial charge in [0.15, 0.2) is 0 Å². The second-order valence-electron chi connectivity index (χ2n) is 9.13. The number of hydrogen-bond acceptors (Lipinski definition) is 4. The van der Waals surface area contributed by atoms with Crippen LogP contribution in [-0.4, -0.2) is 39.0 Å². The van der Waals surface area contributed by atoms with E-state index >= 15 is 0 Å². The Morgan fingerprint density at radius 3 is 2.46 bits per heavy atom. The minimum atomic E-state index is -0.392. The molecule has 0 saturated carbocycles. The van der Waals surface area contributed by atoms with Crippen LogP contribution in [0.2, 0.25) is 0 Å². The summed E-state index contributed by atoms with van der Waals surface area (Å²) >= 11 is 0. The topological polar surface area (TPSA) is 81.2 Å². The van der Waals surface area contributed by atoms with Crippen LogP contribution in [0.3, 0.4) is 0 Å². The maximum absolute atomic E-state index is 13.9. The molecule has 0 bridgehead atoms. The molecule has 6 heteroatoms. The number of aromatic nitrogens is 2. The van der Waals surface area contributed by atoms with E-state index in [0.29, 0.717) is 19.4 Å². The van der Waals surface area contributed by atoms with Crippen molar-refractivity contribution in [2.75, 3.05) is 7.05 Å². The number of aromatic hydroxyl groups is 1. The minimum absolute atomic E-state index is 0.0374. The molecule has 6 nitrogen and oxygen atoms in total. The molecule has 5 rings (SSSR count). The number of rotatable bonds is 6. The number of likely N-dealkylation sites (N-methyl/N-ethyl adjacent to an activating group) is 1. The number of phenolic OH excluding ortho intramolecular Hbond substituents is 1. The number of fused-ring (bicyclic) bond motifs is 1. The molecule has 35 heavy (non-hydrogen) atoms. The third kappa shape index (κ3) is 4.70. The number of nitrogens with zero attached hydrogens (tertiary/aromatic N) is 2. The molecule has 1 amide bonds. The van der Waals surface area contributed by atoms with Gasteiger partial charge in [-0.05, 0) is 49.2 Å². The summed E-state index contributed by atoms with van der Waals surface area (Å²) in [5.74, 6) is 1.07. The van der Waals surface area contributed by atoms with E-state index in [4.69, 9.17) is 4.98 Å². The molecule has 2 heterocycles. The van der Waals surface area contributed by atoms with Crippen molar-refractivity contribution >= 4 is 5.91 Å². The van der Waals surface area contributed by atoms with Crippen molar-refractivity contribution in [1.29, 1.82) is 0 Å². The van der Waals surface area contributed by atoms with Crippen LogP contribution in [0.4, 0.5) is 0 Å². The highest BCUT2D eigenvalue weighted by atomic mass is 16.3. The summed E-state index contributed by atoms with van der Waals surface area (Å²) in [6, 6.07) is 24.9. The Kier molecular flexibility index (Phi) is 6.38. The quantitative estimate of drug-likeness (QED) is 0.390. The molecule has 1 aromatic heterocycles. The Labute approximate surface area is 205 Å². The lowest BCUT2D eigenvalue weighted by atomic mass is 9.92. The van der Waals surface area contributed by atoms with Gasteiger partial charge in [0.1, 0.15) is 11.6 Å². The molecule has 0 spiro atoms. The van der Waals surface area contributed by atoms with E-state index in [1.807, 2.05) is 55.3 Å². The number of phenols is 1. The van der Waals surface area contributed by atoms with E-state index in [0.717, 1.165) is 28.3 Å². The third-order valence-corrected chi connectivity index (χ3v) is 6.82. The average molecular weight is 467 g/mol. The average Bonchev–Trinajstić information content (AvgIpc) is 3.29. The first kappa shape index (κ1) is 22.9. The molecule has 1 aliphatic rings. The van der Waals surface area contributed by atoms with Gasteiger partial charge in [-0.2, -0.15) is 0 Å². The number of H-pyrrole nitrogens is 1. The van der Waals surface area contributed by atoms with Gasteiger partial charge in [0.05, 0.1) is 17.8 Å². The van der Waals surface area contributed by atoms with E-state index in [2.05, 4.69) is 40.6 Å². The Morgan fingerprint density at radius 1 is 1.06 bits per heavy atom. The summed E-state index contributed by atoms with van der Waals surface area (Å²) in [4.78, 5) is 24.4. The molecule has 4 aromatic rings. The van der Waals surface area contributed by atoms with Gasteiger partial charge in [0.25, 0.3) is 0 Å². The zero-order valence-electron chi connectivity index (χ0n) is 20.0. The van der Waals surface area contributed by atoms with Gasteiger partial charge in [0.2, 0.25) is 5.91 Å². The Balaban J connectivity index is 1.49. The Hall–Kier alpha value is -3.90. The number of benzene rings is 3. The van der Waals surface area contributed by atoms with Gasteiger partial charge in [-0.1, -0.05) is 66.7 Å². The van der Waals surface area contributed by atoms with Crippen molar-refractivity contribution in [2.24, 2.45) is 0 Å². The Bertz CT molecular complexity index is 1310. The molecule has 1 aliphatic heterocycles. The number of amides is 1. The second kappa shape index (κ2) is 9.76. The molecule has 3 aromatic carbocycles. The van der Waals surface area contributed by atoms with Gasteiger partial charge in [-0.15, -0.1) is 0 Å². The smallest absolute Gasteiger partial charge is 0.240 e. The number of imidazole rings is 1. The fourth-order valence-electron chi connectivity index (χ4n) is 4.90. The van der Waals surface area contributed by atoms with Crippen LogP contribution >= 0.6 is 0 Å². The third-order valence-electron chi connectivity index (χ3n) is 6.82. The van der Waals surface area contributed by atoms with Gasteiger partial charge in [-0.25, -0.2) is 4.98 Å². The van der Waals surface area contributed by atoms with Crippen LogP contribution in [0.5, 0.6) is 5.75 Å². The highest BCUT2D eigenvalue weighted by Crippen LogP contribution is 2.34. The number of hydrogen-bond donors (Lipinski definition) is 3. The fraction of sp³-hybridized carbons (Fsp3) is 0.241. The van der Waals surface area contributed by atoms with Crippen LogP contribution in [0.25, 0.3) is 11.3 Å². The molecule has 0 fully saturated rings. The van der Waals surface area contributed by atoms with Crippen molar-refractivity contribution in [3.8, 4) is 17.0 Å². The summed E-state index contributed by atoms with van der Waals surface area (Å²) in [5, 5.41) is 12.8. The lowest BCUT2D eigenvalue weighted by molar-refractivity contribution is -0.137. The summed E-state index contributed by atoms with van der Waals surface area (Å²) in [6.07, 6.45) is 1.24. The first-order valence-corrected chi connectivity index (χ1v) is 12.0. The van der Waals surface area contributed by atoms with Crippen LogP contribution in [0.15, 0.2) is 78.9 Å². The number of aryl methyl sites for hydroxylation is 1. The summed E-state index contributed by atoms with van der Waals surface area (Å²) in [7, 11) is 1.82. The fourth-order valence-corrected chi connectivity index (χ4v) is 4.90.